The SMILES string of the molecule is NCCC(=O)c1cc(C(F)F)ccc1Cl. The van der Waals surface area contributed by atoms with Crippen molar-refractivity contribution in [2.75, 3.05) is 6.54 Å². The molecule has 0 atom stereocenters. The van der Waals surface area contributed by atoms with Crippen LogP contribution in [-0.2, 0) is 0 Å². The van der Waals surface area contributed by atoms with Crippen molar-refractivity contribution in [2.24, 2.45) is 5.73 Å². The second kappa shape index (κ2) is 5.19. The van der Waals surface area contributed by atoms with E-state index in [0.29, 0.717) is 0 Å². The average molecular weight is 234 g/mol. The van der Waals surface area contributed by atoms with Crippen LogP contribution >= 0.6 is 11.6 Å². The summed E-state index contributed by atoms with van der Waals surface area (Å²) in [4.78, 5) is 11.4. The fourth-order valence-corrected chi connectivity index (χ4v) is 1.38. The maximum atomic E-state index is 12.3. The first-order chi connectivity index (χ1) is 7.06. The van der Waals surface area contributed by atoms with Gasteiger partial charge >= 0.3 is 0 Å². The lowest BCUT2D eigenvalue weighted by Crippen LogP contribution is -2.09. The predicted octanol–water partition coefficient (Wildman–Crippen LogP) is 2.81. The van der Waals surface area contributed by atoms with E-state index in [1.54, 1.807) is 0 Å². The van der Waals surface area contributed by atoms with Crippen LogP contribution in [-0.4, -0.2) is 12.3 Å². The molecule has 82 valence electrons. The molecule has 1 aromatic rings. The maximum absolute atomic E-state index is 12.3. The van der Waals surface area contributed by atoms with Gasteiger partial charge in [0, 0.05) is 17.5 Å². The van der Waals surface area contributed by atoms with Crippen molar-refractivity contribution in [2.45, 2.75) is 12.8 Å². The van der Waals surface area contributed by atoms with E-state index in [1.165, 1.54) is 12.1 Å². The quantitative estimate of drug-likeness (QED) is 0.813. The second-order valence-corrected chi connectivity index (χ2v) is 3.41. The van der Waals surface area contributed by atoms with E-state index in [1.807, 2.05) is 0 Å². The molecule has 0 saturated heterocycles. The van der Waals surface area contributed by atoms with Crippen LogP contribution in [0.5, 0.6) is 0 Å². The fraction of sp³-hybridized carbons (Fsp3) is 0.300. The lowest BCUT2D eigenvalue weighted by Gasteiger charge is -2.05. The first-order valence-corrected chi connectivity index (χ1v) is 4.75. The number of ketones is 1. The van der Waals surface area contributed by atoms with Gasteiger partial charge < -0.3 is 5.73 Å². The number of alkyl halides is 2. The molecule has 2 nitrogen and oxygen atoms in total. The van der Waals surface area contributed by atoms with Gasteiger partial charge in [0.1, 0.15) is 0 Å². The van der Waals surface area contributed by atoms with Crippen molar-refractivity contribution in [3.8, 4) is 0 Å². The van der Waals surface area contributed by atoms with Crippen molar-refractivity contribution >= 4 is 17.4 Å². The largest absolute Gasteiger partial charge is 0.330 e. The van der Waals surface area contributed by atoms with Crippen molar-refractivity contribution in [1.29, 1.82) is 0 Å². The van der Waals surface area contributed by atoms with Crippen LogP contribution in [0.4, 0.5) is 8.78 Å². The number of carbonyl (C=O) groups excluding carboxylic acids is 1. The molecule has 0 heterocycles. The minimum atomic E-state index is -2.60. The highest BCUT2D eigenvalue weighted by Gasteiger charge is 2.14. The monoisotopic (exact) mass is 233 g/mol. The lowest BCUT2D eigenvalue weighted by molar-refractivity contribution is 0.0985. The van der Waals surface area contributed by atoms with Crippen LogP contribution < -0.4 is 5.73 Å². The summed E-state index contributed by atoms with van der Waals surface area (Å²) in [5, 5.41) is 0.179. The van der Waals surface area contributed by atoms with E-state index in [0.717, 1.165) is 6.07 Å². The third kappa shape index (κ3) is 2.97. The Morgan fingerprint density at radius 2 is 2.13 bits per heavy atom. The number of rotatable bonds is 4. The van der Waals surface area contributed by atoms with Crippen LogP contribution in [0.2, 0.25) is 5.02 Å². The Kier molecular flexibility index (Phi) is 4.17. The Hall–Kier alpha value is -1.00. The zero-order chi connectivity index (χ0) is 11.4. The second-order valence-electron chi connectivity index (χ2n) is 3.00. The Morgan fingerprint density at radius 3 is 2.67 bits per heavy atom. The zero-order valence-electron chi connectivity index (χ0n) is 7.84. The van der Waals surface area contributed by atoms with Gasteiger partial charge in [-0.2, -0.15) is 0 Å². The molecule has 0 spiro atoms. The summed E-state index contributed by atoms with van der Waals surface area (Å²) in [7, 11) is 0. The van der Waals surface area contributed by atoms with Gasteiger partial charge in [-0.25, -0.2) is 8.78 Å². The minimum absolute atomic E-state index is 0.104. The molecule has 15 heavy (non-hydrogen) atoms. The van der Waals surface area contributed by atoms with Crippen molar-refractivity contribution in [3.63, 3.8) is 0 Å². The summed E-state index contributed by atoms with van der Waals surface area (Å²) in [5.74, 6) is -0.315. The van der Waals surface area contributed by atoms with E-state index in [-0.39, 0.29) is 34.9 Å². The number of hydrogen-bond donors (Lipinski definition) is 1. The van der Waals surface area contributed by atoms with E-state index >= 15 is 0 Å². The van der Waals surface area contributed by atoms with Crippen LogP contribution in [0.1, 0.15) is 28.8 Å². The van der Waals surface area contributed by atoms with E-state index < -0.39 is 6.43 Å². The van der Waals surface area contributed by atoms with Crippen LogP contribution in [0.15, 0.2) is 18.2 Å². The number of nitrogens with two attached hydrogens (primary N) is 1. The molecule has 2 N–H and O–H groups in total. The molecule has 0 aromatic heterocycles. The minimum Gasteiger partial charge on any atom is -0.330 e. The summed E-state index contributed by atoms with van der Waals surface area (Å²) in [5.41, 5.74) is 5.11. The Morgan fingerprint density at radius 1 is 1.47 bits per heavy atom. The molecule has 0 fully saturated rings. The van der Waals surface area contributed by atoms with Gasteiger partial charge in [0.15, 0.2) is 5.78 Å². The number of halogens is 3. The molecule has 1 aromatic carbocycles. The molecule has 0 radical (unpaired) electrons. The smallest absolute Gasteiger partial charge is 0.263 e. The standard InChI is InChI=1S/C10H10ClF2NO/c11-8-2-1-6(10(12)13)5-7(8)9(15)3-4-14/h1-2,5,10H,3-4,14H2. The molecule has 0 saturated carbocycles. The van der Waals surface area contributed by atoms with Crippen molar-refractivity contribution < 1.29 is 13.6 Å². The molecule has 0 aliphatic carbocycles. The molecule has 5 heteroatoms. The van der Waals surface area contributed by atoms with E-state index in [4.69, 9.17) is 17.3 Å². The average Bonchev–Trinajstić information content (AvgIpc) is 2.18. The number of carbonyl (C=O) groups is 1. The molecule has 0 aliphatic heterocycles. The Labute approximate surface area is 91.0 Å². The molecular weight excluding hydrogens is 224 g/mol. The molecule has 0 unspecified atom stereocenters. The van der Waals surface area contributed by atoms with Gasteiger partial charge in [0.2, 0.25) is 0 Å². The Balaban J connectivity index is 3.05. The fourth-order valence-electron chi connectivity index (χ4n) is 1.16. The summed E-state index contributed by atoms with van der Waals surface area (Å²) >= 11 is 5.72. The van der Waals surface area contributed by atoms with E-state index in [9.17, 15) is 13.6 Å². The van der Waals surface area contributed by atoms with E-state index in [2.05, 4.69) is 0 Å². The summed E-state index contributed by atoms with van der Waals surface area (Å²) in [6, 6.07) is 3.62. The normalized spacial score (nSPS) is 10.7. The Bertz CT molecular complexity index is 368. The van der Waals surface area contributed by atoms with Crippen LogP contribution in [0.25, 0.3) is 0 Å². The zero-order valence-corrected chi connectivity index (χ0v) is 8.60. The predicted molar refractivity (Wildman–Crippen MR) is 54.4 cm³/mol. The van der Waals surface area contributed by atoms with Gasteiger partial charge in [-0.15, -0.1) is 0 Å². The highest BCUT2D eigenvalue weighted by atomic mass is 35.5. The van der Waals surface area contributed by atoms with Gasteiger partial charge in [0.25, 0.3) is 6.43 Å². The first-order valence-electron chi connectivity index (χ1n) is 4.37. The summed E-state index contributed by atoms with van der Waals surface area (Å²) in [6.45, 7) is 0.175. The number of benzene rings is 1. The van der Waals surface area contributed by atoms with Crippen LogP contribution in [0.3, 0.4) is 0 Å². The van der Waals surface area contributed by atoms with Crippen molar-refractivity contribution in [1.82, 2.24) is 0 Å². The van der Waals surface area contributed by atoms with Gasteiger partial charge in [0.05, 0.1) is 5.02 Å². The topological polar surface area (TPSA) is 43.1 Å². The summed E-state index contributed by atoms with van der Waals surface area (Å²) < 4.78 is 24.7. The van der Waals surface area contributed by atoms with Gasteiger partial charge in [-0.3, -0.25) is 4.79 Å². The van der Waals surface area contributed by atoms with Gasteiger partial charge in [-0.1, -0.05) is 17.7 Å². The molecule has 0 aliphatic rings. The number of hydrogen-bond acceptors (Lipinski definition) is 2. The third-order valence-corrected chi connectivity index (χ3v) is 2.24. The molecular formula is C10H10ClF2NO. The first kappa shape index (κ1) is 12.1. The highest BCUT2D eigenvalue weighted by Crippen LogP contribution is 2.25. The lowest BCUT2D eigenvalue weighted by atomic mass is 10.1. The van der Waals surface area contributed by atoms with Crippen molar-refractivity contribution in [3.05, 3.63) is 34.3 Å². The van der Waals surface area contributed by atoms with Gasteiger partial charge in [-0.05, 0) is 18.7 Å². The number of Topliss-reactive ketones (excluding diaryl/α,β-unsaturated/α-hetero) is 1. The summed E-state index contributed by atoms with van der Waals surface area (Å²) in [6.07, 6.45) is -2.50. The van der Waals surface area contributed by atoms with Crippen LogP contribution in [0, 0.1) is 0 Å². The third-order valence-electron chi connectivity index (χ3n) is 1.91. The molecule has 1 rings (SSSR count). The molecule has 0 amide bonds. The highest BCUT2D eigenvalue weighted by molar-refractivity contribution is 6.34. The molecule has 0 bridgehead atoms. The maximum Gasteiger partial charge on any atom is 0.263 e.